The van der Waals surface area contributed by atoms with E-state index >= 15 is 0 Å². The van der Waals surface area contributed by atoms with E-state index in [9.17, 15) is 9.59 Å². The second-order valence-electron chi connectivity index (χ2n) is 4.13. The zero-order valence-corrected chi connectivity index (χ0v) is 10.3. The van der Waals surface area contributed by atoms with E-state index in [0.717, 1.165) is 6.42 Å². The summed E-state index contributed by atoms with van der Waals surface area (Å²) in [5, 5.41) is 11.4. The van der Waals surface area contributed by atoms with Gasteiger partial charge in [0.25, 0.3) is 0 Å². The Kier molecular flexibility index (Phi) is 3.98. The number of hydrogen-bond acceptors (Lipinski definition) is 4. The van der Waals surface area contributed by atoms with Gasteiger partial charge in [-0.2, -0.15) is 5.26 Å². The quantitative estimate of drug-likeness (QED) is 0.887. The van der Waals surface area contributed by atoms with Crippen molar-refractivity contribution in [2.75, 3.05) is 25.0 Å². The number of cyclic esters (lactones) is 1. The summed E-state index contributed by atoms with van der Waals surface area (Å²) in [5.41, 5.74) is 1.00. The summed E-state index contributed by atoms with van der Waals surface area (Å²) in [6.07, 6.45) is 0.260. The number of carbonyl (C=O) groups excluding carboxylic acids is 2. The van der Waals surface area contributed by atoms with Gasteiger partial charge in [-0.05, 0) is 24.6 Å². The molecule has 1 aromatic carbocycles. The molecule has 1 fully saturated rings. The van der Waals surface area contributed by atoms with Crippen molar-refractivity contribution in [2.45, 2.75) is 6.42 Å². The third-order valence-corrected chi connectivity index (χ3v) is 2.67. The molecule has 1 aromatic rings. The van der Waals surface area contributed by atoms with Gasteiger partial charge >= 0.3 is 6.09 Å². The molecule has 19 heavy (non-hydrogen) atoms. The van der Waals surface area contributed by atoms with Gasteiger partial charge in [0.05, 0.1) is 18.2 Å². The maximum atomic E-state index is 11.8. The van der Waals surface area contributed by atoms with Crippen LogP contribution in [0.5, 0.6) is 0 Å². The monoisotopic (exact) mass is 259 g/mol. The topological polar surface area (TPSA) is 82.4 Å². The number of rotatable bonds is 3. The van der Waals surface area contributed by atoms with Crippen molar-refractivity contribution >= 4 is 17.7 Å². The van der Waals surface area contributed by atoms with E-state index in [1.165, 1.54) is 4.90 Å². The highest BCUT2D eigenvalue weighted by Crippen LogP contribution is 2.10. The second-order valence-corrected chi connectivity index (χ2v) is 4.13. The van der Waals surface area contributed by atoms with Crippen molar-refractivity contribution in [1.82, 2.24) is 4.90 Å². The summed E-state index contributed by atoms with van der Waals surface area (Å²) < 4.78 is 4.84. The summed E-state index contributed by atoms with van der Waals surface area (Å²) in [7, 11) is 0. The second kappa shape index (κ2) is 5.87. The molecule has 0 spiro atoms. The highest BCUT2D eigenvalue weighted by molar-refractivity contribution is 5.94. The van der Waals surface area contributed by atoms with Crippen LogP contribution in [0.3, 0.4) is 0 Å². The number of amides is 2. The van der Waals surface area contributed by atoms with Crippen molar-refractivity contribution in [3.8, 4) is 6.07 Å². The van der Waals surface area contributed by atoms with Crippen molar-refractivity contribution in [3.05, 3.63) is 29.8 Å². The molecule has 6 heteroatoms. The Hall–Kier alpha value is -2.55. The number of hydrogen-bond donors (Lipinski definition) is 1. The van der Waals surface area contributed by atoms with Crippen LogP contribution in [0.1, 0.15) is 12.0 Å². The largest absolute Gasteiger partial charge is 0.449 e. The van der Waals surface area contributed by atoms with E-state index in [1.54, 1.807) is 24.3 Å². The lowest BCUT2D eigenvalue weighted by Gasteiger charge is -2.25. The molecule has 1 aliphatic heterocycles. The van der Waals surface area contributed by atoms with Crippen LogP contribution in [0.4, 0.5) is 10.5 Å². The summed E-state index contributed by atoms with van der Waals surface area (Å²) >= 11 is 0. The van der Waals surface area contributed by atoms with Gasteiger partial charge in [0, 0.05) is 12.2 Å². The van der Waals surface area contributed by atoms with Crippen molar-refractivity contribution in [3.63, 3.8) is 0 Å². The first-order valence-electron chi connectivity index (χ1n) is 5.91. The maximum Gasteiger partial charge on any atom is 0.410 e. The van der Waals surface area contributed by atoms with Gasteiger partial charge < -0.3 is 10.1 Å². The van der Waals surface area contributed by atoms with Crippen molar-refractivity contribution < 1.29 is 14.3 Å². The minimum Gasteiger partial charge on any atom is -0.449 e. The van der Waals surface area contributed by atoms with Gasteiger partial charge in [0.1, 0.15) is 6.54 Å². The summed E-state index contributed by atoms with van der Waals surface area (Å²) in [6.45, 7) is 0.876. The van der Waals surface area contributed by atoms with Gasteiger partial charge in [0.2, 0.25) is 5.91 Å². The molecule has 0 unspecified atom stereocenters. The highest BCUT2D eigenvalue weighted by atomic mass is 16.6. The van der Waals surface area contributed by atoms with Crippen molar-refractivity contribution in [2.24, 2.45) is 0 Å². The predicted molar refractivity (Wildman–Crippen MR) is 67.3 cm³/mol. The number of nitrogens with one attached hydrogen (secondary N) is 1. The normalized spacial score (nSPS) is 14.5. The molecular formula is C13H13N3O3. The summed E-state index contributed by atoms with van der Waals surface area (Å²) in [6, 6.07) is 8.59. The molecule has 1 aliphatic rings. The Balaban J connectivity index is 1.93. The SMILES string of the molecule is N#Cc1cccc(NC(=O)CN2CCCOC2=O)c1. The molecule has 98 valence electrons. The number of anilines is 1. The average molecular weight is 259 g/mol. The molecule has 0 bridgehead atoms. The van der Waals surface area contributed by atoms with Crippen LogP contribution in [0.2, 0.25) is 0 Å². The third-order valence-electron chi connectivity index (χ3n) is 2.67. The highest BCUT2D eigenvalue weighted by Gasteiger charge is 2.21. The smallest absolute Gasteiger partial charge is 0.410 e. The van der Waals surface area contributed by atoms with Crippen LogP contribution in [0, 0.1) is 11.3 Å². The molecule has 1 saturated heterocycles. The van der Waals surface area contributed by atoms with E-state index in [0.29, 0.717) is 24.4 Å². The lowest BCUT2D eigenvalue weighted by Crippen LogP contribution is -2.42. The molecule has 0 atom stereocenters. The fraction of sp³-hybridized carbons (Fsp3) is 0.308. The number of nitrogens with zero attached hydrogens (tertiary/aromatic N) is 2. The molecule has 0 saturated carbocycles. The lowest BCUT2D eigenvalue weighted by molar-refractivity contribution is -0.117. The third kappa shape index (κ3) is 3.45. The van der Waals surface area contributed by atoms with E-state index in [-0.39, 0.29) is 12.5 Å². The molecule has 1 heterocycles. The van der Waals surface area contributed by atoms with Gasteiger partial charge in [-0.3, -0.25) is 9.69 Å². The number of benzene rings is 1. The van der Waals surface area contributed by atoms with Gasteiger partial charge in [0.15, 0.2) is 0 Å². The molecule has 2 amide bonds. The number of carbonyl (C=O) groups is 2. The van der Waals surface area contributed by atoms with Crippen LogP contribution in [0.15, 0.2) is 24.3 Å². The molecule has 0 aliphatic carbocycles. The minimum absolute atomic E-state index is 0.0460. The molecule has 0 radical (unpaired) electrons. The zero-order valence-electron chi connectivity index (χ0n) is 10.3. The van der Waals surface area contributed by atoms with E-state index < -0.39 is 6.09 Å². The van der Waals surface area contributed by atoms with Crippen LogP contribution in [0.25, 0.3) is 0 Å². The number of ether oxygens (including phenoxy) is 1. The number of nitriles is 1. The van der Waals surface area contributed by atoms with Crippen LogP contribution in [-0.4, -0.2) is 36.6 Å². The van der Waals surface area contributed by atoms with E-state index in [1.807, 2.05) is 6.07 Å². The minimum atomic E-state index is -0.466. The first-order chi connectivity index (χ1) is 9.19. The fourth-order valence-corrected chi connectivity index (χ4v) is 1.78. The zero-order chi connectivity index (χ0) is 13.7. The molecular weight excluding hydrogens is 246 g/mol. The van der Waals surface area contributed by atoms with E-state index in [4.69, 9.17) is 10.00 Å². The van der Waals surface area contributed by atoms with Gasteiger partial charge in [-0.25, -0.2) is 4.79 Å². The Bertz CT molecular complexity index is 536. The first kappa shape index (κ1) is 12.9. The van der Waals surface area contributed by atoms with Crippen molar-refractivity contribution in [1.29, 1.82) is 5.26 Å². The maximum absolute atomic E-state index is 11.8. The molecule has 2 rings (SSSR count). The standard InChI is InChI=1S/C13H13N3O3/c14-8-10-3-1-4-11(7-10)15-12(17)9-16-5-2-6-19-13(16)18/h1,3-4,7H,2,5-6,9H2,(H,15,17). The lowest BCUT2D eigenvalue weighted by atomic mass is 10.2. The van der Waals surface area contributed by atoms with Gasteiger partial charge in [-0.1, -0.05) is 6.07 Å². The Morgan fingerprint density at radius 3 is 3.11 bits per heavy atom. The Morgan fingerprint density at radius 1 is 1.53 bits per heavy atom. The molecule has 0 aromatic heterocycles. The predicted octanol–water partition coefficient (Wildman–Crippen LogP) is 1.34. The van der Waals surface area contributed by atoms with Crippen LogP contribution < -0.4 is 5.32 Å². The average Bonchev–Trinajstić information content (AvgIpc) is 2.41. The summed E-state index contributed by atoms with van der Waals surface area (Å²) in [4.78, 5) is 24.5. The fourth-order valence-electron chi connectivity index (χ4n) is 1.78. The Labute approximate surface area is 110 Å². The summed E-state index contributed by atoms with van der Waals surface area (Å²) in [5.74, 6) is -0.311. The van der Waals surface area contributed by atoms with E-state index in [2.05, 4.69) is 5.32 Å². The van der Waals surface area contributed by atoms with Gasteiger partial charge in [-0.15, -0.1) is 0 Å². The molecule has 6 nitrogen and oxygen atoms in total. The first-order valence-corrected chi connectivity index (χ1v) is 5.91. The Morgan fingerprint density at radius 2 is 2.37 bits per heavy atom. The molecule has 1 N–H and O–H groups in total. The van der Waals surface area contributed by atoms with Crippen LogP contribution >= 0.6 is 0 Å². The van der Waals surface area contributed by atoms with Crippen LogP contribution in [-0.2, 0) is 9.53 Å².